The lowest BCUT2D eigenvalue weighted by molar-refractivity contribution is 0.243. The Hall–Kier alpha value is -2.62. The molecule has 4 nitrogen and oxygen atoms in total. The summed E-state index contributed by atoms with van der Waals surface area (Å²) in [5, 5.41) is 5.39. The zero-order valence-corrected chi connectivity index (χ0v) is 11.3. The number of hydrogen-bond acceptors (Lipinski definition) is 2. The van der Waals surface area contributed by atoms with E-state index in [0.717, 1.165) is 11.3 Å². The van der Waals surface area contributed by atoms with Crippen LogP contribution in [0.2, 0.25) is 0 Å². The molecule has 1 aromatic heterocycles. The van der Waals surface area contributed by atoms with Crippen molar-refractivity contribution in [3.63, 3.8) is 0 Å². The summed E-state index contributed by atoms with van der Waals surface area (Å²) in [5.74, 6) is 0. The Morgan fingerprint density at radius 3 is 2.70 bits per heavy atom. The molecule has 0 unspecified atom stereocenters. The Bertz CT molecular complexity index is 576. The van der Waals surface area contributed by atoms with Gasteiger partial charge in [-0.3, -0.25) is 4.98 Å². The summed E-state index contributed by atoms with van der Waals surface area (Å²) in [6.45, 7) is 2.45. The minimum Gasteiger partial charge on any atom is -0.332 e. The van der Waals surface area contributed by atoms with Gasteiger partial charge in [0, 0.05) is 12.4 Å². The molecule has 0 radical (unpaired) electrons. The second-order valence-electron chi connectivity index (χ2n) is 4.39. The maximum Gasteiger partial charge on any atom is 0.319 e. The SMILES string of the molecule is Cc1ccc(/C=C/NC(=O)NCc2ccccn2)cc1. The van der Waals surface area contributed by atoms with E-state index in [1.54, 1.807) is 12.4 Å². The number of hydrogen-bond donors (Lipinski definition) is 2. The highest BCUT2D eigenvalue weighted by atomic mass is 16.2. The molecule has 0 aliphatic rings. The van der Waals surface area contributed by atoms with Crippen LogP contribution in [0.25, 0.3) is 6.08 Å². The zero-order valence-electron chi connectivity index (χ0n) is 11.3. The fraction of sp³-hybridized carbons (Fsp3) is 0.125. The maximum absolute atomic E-state index is 11.6. The third kappa shape index (κ3) is 4.57. The first-order valence-corrected chi connectivity index (χ1v) is 6.41. The molecular weight excluding hydrogens is 250 g/mol. The smallest absolute Gasteiger partial charge is 0.319 e. The van der Waals surface area contributed by atoms with Crippen LogP contribution in [0.1, 0.15) is 16.8 Å². The summed E-state index contributed by atoms with van der Waals surface area (Å²) in [7, 11) is 0. The van der Waals surface area contributed by atoms with Crippen LogP contribution in [0.15, 0.2) is 54.9 Å². The zero-order chi connectivity index (χ0) is 14.2. The molecule has 2 N–H and O–H groups in total. The Morgan fingerprint density at radius 1 is 1.20 bits per heavy atom. The third-order valence-electron chi connectivity index (χ3n) is 2.72. The first-order valence-electron chi connectivity index (χ1n) is 6.41. The van der Waals surface area contributed by atoms with Crippen molar-refractivity contribution >= 4 is 12.1 Å². The number of pyridine rings is 1. The Labute approximate surface area is 118 Å². The number of aromatic nitrogens is 1. The van der Waals surface area contributed by atoms with Crippen molar-refractivity contribution in [2.24, 2.45) is 0 Å². The first kappa shape index (κ1) is 13.8. The van der Waals surface area contributed by atoms with Crippen LogP contribution in [-0.2, 0) is 6.54 Å². The monoisotopic (exact) mass is 267 g/mol. The molecule has 0 atom stereocenters. The van der Waals surface area contributed by atoms with Crippen molar-refractivity contribution < 1.29 is 4.79 Å². The summed E-state index contributed by atoms with van der Waals surface area (Å²) in [6.07, 6.45) is 5.17. The molecule has 1 aromatic carbocycles. The van der Waals surface area contributed by atoms with E-state index in [4.69, 9.17) is 0 Å². The highest BCUT2D eigenvalue weighted by Crippen LogP contribution is 2.04. The predicted molar refractivity (Wildman–Crippen MR) is 79.8 cm³/mol. The van der Waals surface area contributed by atoms with Gasteiger partial charge in [0.15, 0.2) is 0 Å². The normalized spacial score (nSPS) is 10.4. The van der Waals surface area contributed by atoms with Crippen molar-refractivity contribution in [1.82, 2.24) is 15.6 Å². The number of carbonyl (C=O) groups is 1. The fourth-order valence-corrected chi connectivity index (χ4v) is 1.62. The molecule has 102 valence electrons. The van der Waals surface area contributed by atoms with Crippen LogP contribution in [0.5, 0.6) is 0 Å². The highest BCUT2D eigenvalue weighted by molar-refractivity contribution is 5.75. The van der Waals surface area contributed by atoms with Crippen molar-refractivity contribution in [2.45, 2.75) is 13.5 Å². The predicted octanol–water partition coefficient (Wildman–Crippen LogP) is 2.86. The highest BCUT2D eigenvalue weighted by Gasteiger charge is 1.97. The van der Waals surface area contributed by atoms with E-state index in [1.807, 2.05) is 55.5 Å². The summed E-state index contributed by atoms with van der Waals surface area (Å²) < 4.78 is 0. The van der Waals surface area contributed by atoms with Gasteiger partial charge in [-0.1, -0.05) is 35.9 Å². The van der Waals surface area contributed by atoms with Crippen molar-refractivity contribution in [3.05, 3.63) is 71.7 Å². The van der Waals surface area contributed by atoms with Gasteiger partial charge in [-0.15, -0.1) is 0 Å². The van der Waals surface area contributed by atoms with Crippen molar-refractivity contribution in [1.29, 1.82) is 0 Å². The van der Waals surface area contributed by atoms with E-state index in [9.17, 15) is 4.79 Å². The van der Waals surface area contributed by atoms with Gasteiger partial charge in [0.25, 0.3) is 0 Å². The lowest BCUT2D eigenvalue weighted by Gasteiger charge is -2.03. The Balaban J connectivity index is 1.76. The quantitative estimate of drug-likeness (QED) is 0.895. The molecule has 1 heterocycles. The number of aryl methyl sites for hydroxylation is 1. The largest absolute Gasteiger partial charge is 0.332 e. The van der Waals surface area contributed by atoms with E-state index in [2.05, 4.69) is 15.6 Å². The third-order valence-corrected chi connectivity index (χ3v) is 2.72. The van der Waals surface area contributed by atoms with E-state index in [-0.39, 0.29) is 6.03 Å². The Morgan fingerprint density at radius 2 is 2.00 bits per heavy atom. The van der Waals surface area contributed by atoms with Crippen LogP contribution in [0, 0.1) is 6.92 Å². The van der Waals surface area contributed by atoms with Gasteiger partial charge >= 0.3 is 6.03 Å². The molecule has 0 spiro atoms. The van der Waals surface area contributed by atoms with Crippen LogP contribution in [-0.4, -0.2) is 11.0 Å². The first-order chi connectivity index (χ1) is 9.74. The van der Waals surface area contributed by atoms with Crippen molar-refractivity contribution in [2.75, 3.05) is 0 Å². The number of rotatable bonds is 4. The molecule has 0 aliphatic heterocycles. The lowest BCUT2D eigenvalue weighted by Crippen LogP contribution is -2.31. The van der Waals surface area contributed by atoms with Gasteiger partial charge in [-0.05, 0) is 30.7 Å². The second kappa shape index (κ2) is 7.09. The van der Waals surface area contributed by atoms with Gasteiger partial charge in [0.05, 0.1) is 12.2 Å². The summed E-state index contributed by atoms with van der Waals surface area (Å²) >= 11 is 0. The molecule has 0 bridgehead atoms. The molecule has 2 amide bonds. The number of nitrogens with zero attached hydrogens (tertiary/aromatic N) is 1. The summed E-state index contributed by atoms with van der Waals surface area (Å²) in [6, 6.07) is 13.4. The minimum absolute atomic E-state index is 0.251. The molecule has 0 aliphatic carbocycles. The topological polar surface area (TPSA) is 54.0 Å². The second-order valence-corrected chi connectivity index (χ2v) is 4.39. The van der Waals surface area contributed by atoms with Gasteiger partial charge in [0.2, 0.25) is 0 Å². The molecule has 0 fully saturated rings. The molecule has 4 heteroatoms. The molecule has 0 saturated heterocycles. The summed E-state index contributed by atoms with van der Waals surface area (Å²) in [5.41, 5.74) is 3.08. The molecule has 0 saturated carbocycles. The lowest BCUT2D eigenvalue weighted by atomic mass is 10.1. The van der Waals surface area contributed by atoms with Crippen LogP contribution >= 0.6 is 0 Å². The molecule has 2 aromatic rings. The van der Waals surface area contributed by atoms with E-state index in [1.165, 1.54) is 5.56 Å². The molecule has 2 rings (SSSR count). The van der Waals surface area contributed by atoms with Crippen LogP contribution < -0.4 is 10.6 Å². The number of benzene rings is 1. The fourth-order valence-electron chi connectivity index (χ4n) is 1.62. The van der Waals surface area contributed by atoms with Gasteiger partial charge in [-0.25, -0.2) is 4.79 Å². The van der Waals surface area contributed by atoms with Crippen LogP contribution in [0.4, 0.5) is 4.79 Å². The van der Waals surface area contributed by atoms with Crippen LogP contribution in [0.3, 0.4) is 0 Å². The molecule has 20 heavy (non-hydrogen) atoms. The minimum atomic E-state index is -0.251. The summed E-state index contributed by atoms with van der Waals surface area (Å²) in [4.78, 5) is 15.7. The standard InChI is InChI=1S/C16H17N3O/c1-13-5-7-14(8-6-13)9-11-18-16(20)19-12-15-4-2-3-10-17-15/h2-11H,12H2,1H3,(H2,18,19,20)/b11-9+. The maximum atomic E-state index is 11.6. The van der Waals surface area contributed by atoms with Gasteiger partial charge in [0.1, 0.15) is 0 Å². The van der Waals surface area contributed by atoms with Gasteiger partial charge < -0.3 is 10.6 Å². The van der Waals surface area contributed by atoms with Crippen molar-refractivity contribution in [3.8, 4) is 0 Å². The number of amides is 2. The average Bonchev–Trinajstić information content (AvgIpc) is 2.48. The number of nitrogens with one attached hydrogen (secondary N) is 2. The van der Waals surface area contributed by atoms with E-state index >= 15 is 0 Å². The Kier molecular flexibility index (Phi) is 4.89. The number of urea groups is 1. The average molecular weight is 267 g/mol. The van der Waals surface area contributed by atoms with Gasteiger partial charge in [-0.2, -0.15) is 0 Å². The molecular formula is C16H17N3O. The number of carbonyl (C=O) groups excluding carboxylic acids is 1. The van der Waals surface area contributed by atoms with E-state index < -0.39 is 0 Å². The van der Waals surface area contributed by atoms with E-state index in [0.29, 0.717) is 6.54 Å².